The summed E-state index contributed by atoms with van der Waals surface area (Å²) in [6, 6.07) is 6.60. The number of piperidine rings is 1. The van der Waals surface area contributed by atoms with E-state index in [1.165, 1.54) is 25.8 Å². The lowest BCUT2D eigenvalue weighted by molar-refractivity contribution is 0.153. The van der Waals surface area contributed by atoms with Crippen molar-refractivity contribution in [1.29, 1.82) is 0 Å². The number of imidazole rings is 1. The molecule has 19 heavy (non-hydrogen) atoms. The van der Waals surface area contributed by atoms with Crippen LogP contribution in [0.2, 0.25) is 0 Å². The summed E-state index contributed by atoms with van der Waals surface area (Å²) in [5.74, 6) is 1.88. The molecule has 4 nitrogen and oxygen atoms in total. The van der Waals surface area contributed by atoms with Crippen molar-refractivity contribution >= 4 is 11.3 Å². The lowest BCUT2D eigenvalue weighted by atomic mass is 9.99. The fraction of sp³-hybridized carbons (Fsp3) is 0.533. The van der Waals surface area contributed by atoms with Gasteiger partial charge in [0.2, 0.25) is 0 Å². The molecule has 102 valence electrons. The summed E-state index contributed by atoms with van der Waals surface area (Å²) >= 11 is 0. The molecule has 2 N–H and O–H groups in total. The Kier molecular flexibility index (Phi) is 3.42. The van der Waals surface area contributed by atoms with Crippen LogP contribution in [0.1, 0.15) is 32.0 Å². The first-order valence-corrected chi connectivity index (χ1v) is 7.24. The second-order valence-electron chi connectivity index (χ2n) is 5.37. The van der Waals surface area contributed by atoms with E-state index < -0.39 is 0 Å². The molecule has 0 spiro atoms. The zero-order valence-corrected chi connectivity index (χ0v) is 11.5. The Hall–Kier alpha value is -1.55. The lowest BCUT2D eigenvalue weighted by Gasteiger charge is -2.34. The van der Waals surface area contributed by atoms with Crippen LogP contribution in [-0.4, -0.2) is 33.4 Å². The van der Waals surface area contributed by atoms with Gasteiger partial charge in [-0.05, 0) is 38.1 Å². The average Bonchev–Trinajstić information content (AvgIpc) is 2.84. The fourth-order valence-electron chi connectivity index (χ4n) is 3.20. The summed E-state index contributed by atoms with van der Waals surface area (Å²) < 4.78 is 2.09. The molecule has 0 saturated carbocycles. The van der Waals surface area contributed by atoms with E-state index in [9.17, 15) is 0 Å². The highest BCUT2D eigenvalue weighted by molar-refractivity contribution is 5.53. The summed E-state index contributed by atoms with van der Waals surface area (Å²) in [6.45, 7) is 4.60. The molecular formula is C15H22N4. The number of hydrogen-bond acceptors (Lipinski definition) is 3. The van der Waals surface area contributed by atoms with E-state index >= 15 is 0 Å². The molecule has 1 fully saturated rings. The Bertz CT molecular complexity index is 560. The first-order valence-electron chi connectivity index (χ1n) is 7.24. The van der Waals surface area contributed by atoms with Crippen LogP contribution < -0.4 is 5.73 Å². The molecule has 0 amide bonds. The SMILES string of the molecule is CCN1CCCCC1Cc1ncc2cccc(N)n12. The number of rotatable bonds is 3. The van der Waals surface area contributed by atoms with Gasteiger partial charge in [-0.15, -0.1) is 0 Å². The maximum atomic E-state index is 6.08. The molecule has 2 aromatic heterocycles. The number of nitrogen functional groups attached to an aromatic ring is 1. The lowest BCUT2D eigenvalue weighted by Crippen LogP contribution is -2.40. The topological polar surface area (TPSA) is 46.6 Å². The number of anilines is 1. The zero-order chi connectivity index (χ0) is 13.2. The monoisotopic (exact) mass is 258 g/mol. The molecule has 3 rings (SSSR count). The van der Waals surface area contributed by atoms with E-state index in [1.54, 1.807) is 0 Å². The van der Waals surface area contributed by atoms with Crippen molar-refractivity contribution in [2.75, 3.05) is 18.8 Å². The molecule has 2 aromatic rings. The quantitative estimate of drug-likeness (QED) is 0.919. The third kappa shape index (κ3) is 2.32. The van der Waals surface area contributed by atoms with Gasteiger partial charge in [0.05, 0.1) is 11.7 Å². The largest absolute Gasteiger partial charge is 0.385 e. The van der Waals surface area contributed by atoms with Crippen LogP contribution in [0.4, 0.5) is 5.82 Å². The van der Waals surface area contributed by atoms with Crippen LogP contribution in [0, 0.1) is 0 Å². The number of pyridine rings is 1. The Labute approximate surface area is 114 Å². The van der Waals surface area contributed by atoms with Gasteiger partial charge in [0.15, 0.2) is 0 Å². The molecule has 0 aromatic carbocycles. The summed E-state index contributed by atoms with van der Waals surface area (Å²) in [6.07, 6.45) is 6.85. The third-order valence-electron chi connectivity index (χ3n) is 4.23. The van der Waals surface area contributed by atoms with E-state index in [0.717, 1.165) is 30.1 Å². The number of aromatic nitrogens is 2. The van der Waals surface area contributed by atoms with Gasteiger partial charge < -0.3 is 10.6 Å². The molecule has 1 saturated heterocycles. The Morgan fingerprint density at radius 2 is 2.26 bits per heavy atom. The molecule has 0 aliphatic carbocycles. The molecule has 3 heterocycles. The smallest absolute Gasteiger partial charge is 0.116 e. The van der Waals surface area contributed by atoms with Gasteiger partial charge in [0.25, 0.3) is 0 Å². The van der Waals surface area contributed by atoms with Gasteiger partial charge >= 0.3 is 0 Å². The maximum absolute atomic E-state index is 6.08. The highest BCUT2D eigenvalue weighted by atomic mass is 15.2. The van der Waals surface area contributed by atoms with E-state index in [0.29, 0.717) is 6.04 Å². The summed E-state index contributed by atoms with van der Waals surface area (Å²) in [7, 11) is 0. The standard InChI is InChI=1S/C15H22N4/c1-2-18-9-4-3-6-12(18)10-15-17-11-13-7-5-8-14(16)19(13)15/h5,7-8,11-12H,2-4,6,9-10,16H2,1H3. The number of likely N-dealkylation sites (N-methyl/N-ethyl adjacent to an activating group) is 1. The van der Waals surface area contributed by atoms with Crippen LogP contribution in [0.5, 0.6) is 0 Å². The summed E-state index contributed by atoms with van der Waals surface area (Å²) in [5, 5.41) is 0. The fourth-order valence-corrected chi connectivity index (χ4v) is 3.20. The number of nitrogens with two attached hydrogens (primary N) is 1. The van der Waals surface area contributed by atoms with Crippen molar-refractivity contribution < 1.29 is 0 Å². The predicted octanol–water partition coefficient (Wildman–Crippen LogP) is 2.33. The first-order chi connectivity index (χ1) is 9.29. The van der Waals surface area contributed by atoms with Crippen molar-refractivity contribution in [2.45, 2.75) is 38.6 Å². The van der Waals surface area contributed by atoms with E-state index in [2.05, 4.69) is 27.3 Å². The minimum atomic E-state index is 0.615. The Balaban J connectivity index is 1.88. The van der Waals surface area contributed by atoms with Crippen molar-refractivity contribution in [3.63, 3.8) is 0 Å². The number of likely N-dealkylation sites (tertiary alicyclic amines) is 1. The van der Waals surface area contributed by atoms with Crippen LogP contribution >= 0.6 is 0 Å². The minimum absolute atomic E-state index is 0.615. The van der Waals surface area contributed by atoms with E-state index in [4.69, 9.17) is 5.73 Å². The van der Waals surface area contributed by atoms with Gasteiger partial charge in [0.1, 0.15) is 11.6 Å². The molecule has 0 bridgehead atoms. The third-order valence-corrected chi connectivity index (χ3v) is 4.23. The normalized spacial score (nSPS) is 21.0. The second-order valence-corrected chi connectivity index (χ2v) is 5.37. The molecule has 4 heteroatoms. The van der Waals surface area contributed by atoms with Crippen LogP contribution in [0.3, 0.4) is 0 Å². The van der Waals surface area contributed by atoms with Gasteiger partial charge in [-0.1, -0.05) is 19.4 Å². The van der Waals surface area contributed by atoms with Crippen molar-refractivity contribution in [3.8, 4) is 0 Å². The van der Waals surface area contributed by atoms with Crippen LogP contribution in [0.25, 0.3) is 5.52 Å². The minimum Gasteiger partial charge on any atom is -0.385 e. The van der Waals surface area contributed by atoms with Crippen LogP contribution in [0.15, 0.2) is 24.4 Å². The van der Waals surface area contributed by atoms with E-state index in [-0.39, 0.29) is 0 Å². The molecule has 1 aliphatic rings. The Morgan fingerprint density at radius 3 is 3.11 bits per heavy atom. The van der Waals surface area contributed by atoms with Crippen molar-refractivity contribution in [3.05, 3.63) is 30.2 Å². The number of hydrogen-bond donors (Lipinski definition) is 1. The highest BCUT2D eigenvalue weighted by Crippen LogP contribution is 2.21. The van der Waals surface area contributed by atoms with Crippen molar-refractivity contribution in [1.82, 2.24) is 14.3 Å². The van der Waals surface area contributed by atoms with Gasteiger partial charge in [-0.3, -0.25) is 4.40 Å². The number of fused-ring (bicyclic) bond motifs is 1. The van der Waals surface area contributed by atoms with Gasteiger partial charge in [-0.2, -0.15) is 0 Å². The molecule has 0 radical (unpaired) electrons. The summed E-state index contributed by atoms with van der Waals surface area (Å²) in [5.41, 5.74) is 7.17. The maximum Gasteiger partial charge on any atom is 0.116 e. The second kappa shape index (κ2) is 5.21. The number of nitrogens with zero attached hydrogens (tertiary/aromatic N) is 3. The average molecular weight is 258 g/mol. The zero-order valence-electron chi connectivity index (χ0n) is 11.5. The van der Waals surface area contributed by atoms with Crippen LogP contribution in [-0.2, 0) is 6.42 Å². The summed E-state index contributed by atoms with van der Waals surface area (Å²) in [4.78, 5) is 7.15. The highest BCUT2D eigenvalue weighted by Gasteiger charge is 2.22. The Morgan fingerprint density at radius 1 is 1.37 bits per heavy atom. The molecule has 1 unspecified atom stereocenters. The molecular weight excluding hydrogens is 236 g/mol. The molecule has 1 atom stereocenters. The van der Waals surface area contributed by atoms with Crippen molar-refractivity contribution in [2.24, 2.45) is 0 Å². The van der Waals surface area contributed by atoms with Gasteiger partial charge in [-0.25, -0.2) is 4.98 Å². The predicted molar refractivity (Wildman–Crippen MR) is 78.2 cm³/mol. The molecule has 1 aliphatic heterocycles. The first kappa shape index (κ1) is 12.5. The van der Waals surface area contributed by atoms with Gasteiger partial charge in [0, 0.05) is 12.5 Å². The van der Waals surface area contributed by atoms with E-state index in [1.807, 2.05) is 18.3 Å².